The van der Waals surface area contributed by atoms with Crippen LogP contribution in [0.1, 0.15) is 75.9 Å². The average molecular weight is 835 g/mol. The van der Waals surface area contributed by atoms with E-state index in [1.54, 1.807) is 45.0 Å². The van der Waals surface area contributed by atoms with E-state index >= 15 is 0 Å². The number of rotatable bonds is 11. The van der Waals surface area contributed by atoms with Gasteiger partial charge in [0, 0.05) is 41.6 Å². The number of aliphatic imine (C=N–C) groups is 2. The molecule has 6 rings (SSSR count). The summed E-state index contributed by atoms with van der Waals surface area (Å²) in [6.07, 6.45) is -0.635. The summed E-state index contributed by atoms with van der Waals surface area (Å²) in [6, 6.07) is 32.3. The van der Waals surface area contributed by atoms with E-state index in [0.29, 0.717) is 34.9 Å². The molecule has 14 nitrogen and oxygen atoms in total. The number of nitrogens with one attached hydrogen (secondary N) is 3. The Hall–Kier alpha value is -7.36. The smallest absolute Gasteiger partial charge is 0.414 e. The maximum atomic E-state index is 14.8. The third-order valence-electron chi connectivity index (χ3n) is 8.91. The molecule has 0 aliphatic rings. The van der Waals surface area contributed by atoms with Crippen molar-refractivity contribution in [3.8, 4) is 22.3 Å². The van der Waals surface area contributed by atoms with Gasteiger partial charge in [-0.3, -0.25) is 25.7 Å². The molecule has 6 N–H and O–H groups in total. The molecule has 0 fully saturated rings. The van der Waals surface area contributed by atoms with Crippen molar-refractivity contribution in [3.63, 3.8) is 0 Å². The van der Waals surface area contributed by atoms with E-state index < -0.39 is 24.2 Å². The molecule has 2 unspecified atom stereocenters. The third kappa shape index (κ3) is 13.1. The molecular weight excluding hydrogens is 787 g/mol. The standard InChI is InChI=1S/C25H29FN4O3.C20H19FN4O3/c1-6-27-23(29-24(31)32-25(3,4)5)28-22-15-21(30-33-22)16(2)18-12-13-19(20(26)14-18)17-10-8-7-9-11-17;1-12(17-10-18(28-25-17)24-20(22)23-11-19(26)27)14-7-8-15(16(21)9-14)13-5-3-2-4-6-13/h7-16H,6H2,1-5H3,(H2,27,28,29,31);2-10,12H,11H2,1H3,(H,26,27)(H3,22,23,24). The lowest BCUT2D eigenvalue weighted by molar-refractivity contribution is -0.135. The number of amides is 1. The molecule has 1 amide bonds. The Bertz CT molecular complexity index is 2460. The second-order valence-corrected chi connectivity index (χ2v) is 14.7. The zero-order chi connectivity index (χ0) is 44.1. The number of aliphatic carboxylic acids is 1. The number of hydrogen-bond donors (Lipinski definition) is 5. The van der Waals surface area contributed by atoms with Gasteiger partial charge >= 0.3 is 12.1 Å². The second kappa shape index (κ2) is 20.6. The van der Waals surface area contributed by atoms with Gasteiger partial charge in [-0.15, -0.1) is 0 Å². The minimum absolute atomic E-state index is 0.101. The van der Waals surface area contributed by atoms with Crippen LogP contribution < -0.4 is 21.7 Å². The van der Waals surface area contributed by atoms with Crippen molar-refractivity contribution in [3.05, 3.63) is 143 Å². The van der Waals surface area contributed by atoms with Crippen LogP contribution in [0.4, 0.5) is 25.3 Å². The van der Waals surface area contributed by atoms with Crippen LogP contribution in [0.2, 0.25) is 0 Å². The molecule has 2 heterocycles. The Kier molecular flexibility index (Phi) is 15.1. The van der Waals surface area contributed by atoms with E-state index in [1.165, 1.54) is 12.1 Å². The number of carboxylic acid groups (broad SMARTS) is 1. The number of anilines is 2. The molecule has 16 heteroatoms. The largest absolute Gasteiger partial charge is 0.480 e. The molecule has 6 aromatic rings. The maximum absolute atomic E-state index is 14.8. The number of benzene rings is 4. The van der Waals surface area contributed by atoms with Crippen LogP contribution in [-0.2, 0) is 9.53 Å². The molecule has 0 saturated carbocycles. The minimum atomic E-state index is -1.10. The fourth-order valence-corrected chi connectivity index (χ4v) is 5.85. The number of guanidine groups is 2. The Morgan fingerprint density at radius 3 is 1.66 bits per heavy atom. The number of aromatic nitrogens is 2. The molecule has 318 valence electrons. The zero-order valence-corrected chi connectivity index (χ0v) is 34.6. The summed E-state index contributed by atoms with van der Waals surface area (Å²) >= 11 is 0. The van der Waals surface area contributed by atoms with Crippen LogP contribution >= 0.6 is 0 Å². The Morgan fingerprint density at radius 2 is 1.23 bits per heavy atom. The first kappa shape index (κ1) is 44.7. The molecule has 0 spiro atoms. The number of nitrogens with zero attached hydrogens (tertiary/aromatic N) is 4. The molecule has 2 aromatic heterocycles. The van der Waals surface area contributed by atoms with Crippen LogP contribution in [0.25, 0.3) is 22.3 Å². The van der Waals surface area contributed by atoms with Crippen LogP contribution in [0, 0.1) is 11.6 Å². The molecule has 0 radical (unpaired) electrons. The predicted octanol–water partition coefficient (Wildman–Crippen LogP) is 9.39. The lowest BCUT2D eigenvalue weighted by Crippen LogP contribution is -2.39. The maximum Gasteiger partial charge on any atom is 0.414 e. The number of ether oxygens (including phenoxy) is 1. The number of halogens is 2. The summed E-state index contributed by atoms with van der Waals surface area (Å²) in [5.74, 6) is -1.57. The number of nitrogens with two attached hydrogens (primary N) is 1. The number of alkyl carbamates (subject to hydrolysis) is 1. The first-order valence-corrected chi connectivity index (χ1v) is 19.3. The highest BCUT2D eigenvalue weighted by atomic mass is 19.1. The van der Waals surface area contributed by atoms with E-state index in [4.69, 9.17) is 24.6 Å². The summed E-state index contributed by atoms with van der Waals surface area (Å²) in [5.41, 5.74) is 10.3. The topological polar surface area (TPSA) is 202 Å². The summed E-state index contributed by atoms with van der Waals surface area (Å²) < 4.78 is 45.2. The first-order chi connectivity index (χ1) is 29.1. The average Bonchev–Trinajstić information content (AvgIpc) is 3.90. The van der Waals surface area contributed by atoms with Gasteiger partial charge in [-0.1, -0.05) is 109 Å². The van der Waals surface area contributed by atoms with E-state index in [9.17, 15) is 18.4 Å². The van der Waals surface area contributed by atoms with E-state index in [2.05, 4.69) is 36.2 Å². The van der Waals surface area contributed by atoms with Crippen molar-refractivity contribution in [2.75, 3.05) is 23.7 Å². The first-order valence-electron chi connectivity index (χ1n) is 19.3. The van der Waals surface area contributed by atoms with Gasteiger partial charge in [-0.05, 0) is 62.1 Å². The van der Waals surface area contributed by atoms with Crippen molar-refractivity contribution < 1.29 is 37.3 Å². The normalized spacial score (nSPS) is 12.7. The fourth-order valence-electron chi connectivity index (χ4n) is 5.85. The van der Waals surface area contributed by atoms with E-state index in [-0.39, 0.29) is 41.3 Å². The van der Waals surface area contributed by atoms with Crippen LogP contribution in [0.15, 0.2) is 128 Å². The van der Waals surface area contributed by atoms with Gasteiger partial charge < -0.3 is 24.6 Å². The van der Waals surface area contributed by atoms with Gasteiger partial charge in [-0.2, -0.15) is 0 Å². The molecule has 0 saturated heterocycles. The van der Waals surface area contributed by atoms with Crippen LogP contribution in [0.5, 0.6) is 0 Å². The molecular formula is C45H48F2N8O6. The van der Waals surface area contributed by atoms with Gasteiger partial charge in [0.25, 0.3) is 0 Å². The van der Waals surface area contributed by atoms with Crippen molar-refractivity contribution in [1.29, 1.82) is 0 Å². The van der Waals surface area contributed by atoms with Gasteiger partial charge in [0.2, 0.25) is 17.7 Å². The Balaban J connectivity index is 0.000000234. The fraction of sp³-hybridized carbons (Fsp3) is 0.244. The van der Waals surface area contributed by atoms with Crippen molar-refractivity contribution in [2.24, 2.45) is 15.7 Å². The number of carbonyl (C=O) groups is 2. The van der Waals surface area contributed by atoms with Crippen molar-refractivity contribution >= 4 is 35.8 Å². The van der Waals surface area contributed by atoms with E-state index in [0.717, 1.165) is 22.3 Å². The summed E-state index contributed by atoms with van der Waals surface area (Å²) in [7, 11) is 0. The van der Waals surface area contributed by atoms with Crippen LogP contribution in [0.3, 0.4) is 0 Å². The van der Waals surface area contributed by atoms with Gasteiger partial charge in [0.05, 0.1) is 11.4 Å². The summed E-state index contributed by atoms with van der Waals surface area (Å²) in [6.45, 7) is 10.9. The third-order valence-corrected chi connectivity index (χ3v) is 8.91. The predicted molar refractivity (Wildman–Crippen MR) is 230 cm³/mol. The molecule has 2 atom stereocenters. The second-order valence-electron chi connectivity index (χ2n) is 14.7. The quantitative estimate of drug-likeness (QED) is 0.0615. The lowest BCUT2D eigenvalue weighted by Gasteiger charge is -2.20. The highest BCUT2D eigenvalue weighted by molar-refractivity contribution is 6.01. The Morgan fingerprint density at radius 1 is 0.754 bits per heavy atom. The van der Waals surface area contributed by atoms with Gasteiger partial charge in [0.1, 0.15) is 23.8 Å². The van der Waals surface area contributed by atoms with Gasteiger partial charge in [-0.25, -0.2) is 18.6 Å². The molecule has 61 heavy (non-hydrogen) atoms. The number of hydrogen-bond acceptors (Lipinski definition) is 9. The Labute approximate surface area is 351 Å². The molecule has 0 aliphatic heterocycles. The highest BCUT2D eigenvalue weighted by Gasteiger charge is 2.21. The molecule has 4 aromatic carbocycles. The SMILES string of the molecule is CC(c1ccc(-c2ccccc2)c(F)c1)c1cc(NC(N)=NCC(=O)O)on1.CCN=C(NC(=O)OC(C)(C)C)Nc1cc(C(C)c2ccc(-c3ccccc3)c(F)c2)no1. The van der Waals surface area contributed by atoms with Gasteiger partial charge in [0.15, 0.2) is 5.96 Å². The highest BCUT2D eigenvalue weighted by Crippen LogP contribution is 2.31. The summed E-state index contributed by atoms with van der Waals surface area (Å²) in [4.78, 5) is 30.4. The van der Waals surface area contributed by atoms with Crippen LogP contribution in [-0.4, -0.2) is 58.1 Å². The van der Waals surface area contributed by atoms with E-state index in [1.807, 2.05) is 93.6 Å². The monoisotopic (exact) mass is 834 g/mol. The van der Waals surface area contributed by atoms with Crippen molar-refractivity contribution in [1.82, 2.24) is 15.6 Å². The zero-order valence-electron chi connectivity index (χ0n) is 34.6. The molecule has 0 bridgehead atoms. The number of carbonyl (C=O) groups excluding carboxylic acids is 1. The lowest BCUT2D eigenvalue weighted by atomic mass is 9.95. The summed E-state index contributed by atoms with van der Waals surface area (Å²) in [5, 5.41) is 24.7. The number of carboxylic acids is 1. The molecule has 0 aliphatic carbocycles. The van der Waals surface area contributed by atoms with Crippen molar-refractivity contribution in [2.45, 2.75) is 59.0 Å². The minimum Gasteiger partial charge on any atom is -0.480 e.